The van der Waals surface area contributed by atoms with Crippen molar-refractivity contribution in [2.24, 2.45) is 0 Å². The van der Waals surface area contributed by atoms with E-state index in [1.165, 1.54) is 24.1 Å². The molecule has 1 heterocycles. The average molecular weight is 247 g/mol. The SMILES string of the molecule is CC1CCC(CNc2ccc(C(C)(C)C)cc2)O1. The van der Waals surface area contributed by atoms with E-state index in [2.05, 4.69) is 57.3 Å². The second kappa shape index (κ2) is 5.31. The molecule has 0 amide bonds. The molecule has 100 valence electrons. The van der Waals surface area contributed by atoms with Crippen molar-refractivity contribution in [1.82, 2.24) is 0 Å². The highest BCUT2D eigenvalue weighted by molar-refractivity contribution is 5.45. The lowest BCUT2D eigenvalue weighted by atomic mass is 9.87. The summed E-state index contributed by atoms with van der Waals surface area (Å²) in [6.45, 7) is 9.78. The van der Waals surface area contributed by atoms with E-state index in [1.807, 2.05) is 0 Å². The maximum Gasteiger partial charge on any atom is 0.0751 e. The van der Waals surface area contributed by atoms with Crippen LogP contribution in [0.4, 0.5) is 5.69 Å². The monoisotopic (exact) mass is 247 g/mol. The summed E-state index contributed by atoms with van der Waals surface area (Å²) in [5.74, 6) is 0. The van der Waals surface area contributed by atoms with E-state index in [9.17, 15) is 0 Å². The Hall–Kier alpha value is -1.02. The fourth-order valence-corrected chi connectivity index (χ4v) is 2.36. The first kappa shape index (κ1) is 13.4. The van der Waals surface area contributed by atoms with Crippen molar-refractivity contribution in [2.45, 2.75) is 58.2 Å². The minimum Gasteiger partial charge on any atom is -0.382 e. The van der Waals surface area contributed by atoms with Crippen molar-refractivity contribution < 1.29 is 4.74 Å². The van der Waals surface area contributed by atoms with Crippen molar-refractivity contribution in [3.8, 4) is 0 Å². The lowest BCUT2D eigenvalue weighted by Crippen LogP contribution is -2.19. The van der Waals surface area contributed by atoms with Crippen LogP contribution in [0.15, 0.2) is 24.3 Å². The van der Waals surface area contributed by atoms with Crippen LogP contribution in [0.3, 0.4) is 0 Å². The lowest BCUT2D eigenvalue weighted by molar-refractivity contribution is 0.0637. The van der Waals surface area contributed by atoms with Crippen LogP contribution in [-0.2, 0) is 10.2 Å². The molecule has 1 aromatic rings. The lowest BCUT2D eigenvalue weighted by Gasteiger charge is -2.19. The van der Waals surface area contributed by atoms with Crippen LogP contribution >= 0.6 is 0 Å². The van der Waals surface area contributed by atoms with Crippen molar-refractivity contribution in [3.05, 3.63) is 29.8 Å². The first-order valence-electron chi connectivity index (χ1n) is 6.95. The average Bonchev–Trinajstić information content (AvgIpc) is 2.72. The molecule has 0 aromatic heterocycles. The number of rotatable bonds is 3. The molecule has 0 bridgehead atoms. The van der Waals surface area contributed by atoms with E-state index in [-0.39, 0.29) is 5.41 Å². The molecule has 2 atom stereocenters. The van der Waals surface area contributed by atoms with Gasteiger partial charge in [0.25, 0.3) is 0 Å². The highest BCUT2D eigenvalue weighted by Gasteiger charge is 2.21. The minimum atomic E-state index is 0.225. The third-order valence-electron chi connectivity index (χ3n) is 3.60. The van der Waals surface area contributed by atoms with E-state index in [4.69, 9.17) is 4.74 Å². The zero-order valence-electron chi connectivity index (χ0n) is 12.0. The third kappa shape index (κ3) is 3.49. The van der Waals surface area contributed by atoms with Gasteiger partial charge in [0, 0.05) is 12.2 Å². The van der Waals surface area contributed by atoms with Gasteiger partial charge in [-0.2, -0.15) is 0 Å². The molecule has 0 aliphatic carbocycles. The number of benzene rings is 1. The zero-order chi connectivity index (χ0) is 13.2. The van der Waals surface area contributed by atoms with Crippen LogP contribution in [0.5, 0.6) is 0 Å². The van der Waals surface area contributed by atoms with E-state index in [0.29, 0.717) is 12.2 Å². The van der Waals surface area contributed by atoms with E-state index >= 15 is 0 Å². The summed E-state index contributed by atoms with van der Waals surface area (Å²) in [4.78, 5) is 0. The van der Waals surface area contributed by atoms with Gasteiger partial charge in [-0.15, -0.1) is 0 Å². The smallest absolute Gasteiger partial charge is 0.0751 e. The largest absolute Gasteiger partial charge is 0.382 e. The topological polar surface area (TPSA) is 21.3 Å². The molecule has 1 fully saturated rings. The van der Waals surface area contributed by atoms with Gasteiger partial charge in [0.05, 0.1) is 12.2 Å². The Labute approximate surface area is 111 Å². The summed E-state index contributed by atoms with van der Waals surface area (Å²) in [5.41, 5.74) is 2.78. The molecule has 0 saturated carbocycles. The Morgan fingerprint density at radius 1 is 1.17 bits per heavy atom. The Morgan fingerprint density at radius 2 is 1.83 bits per heavy atom. The summed E-state index contributed by atoms with van der Waals surface area (Å²) in [7, 11) is 0. The van der Waals surface area contributed by atoms with Crippen LogP contribution in [-0.4, -0.2) is 18.8 Å². The van der Waals surface area contributed by atoms with Gasteiger partial charge in [-0.3, -0.25) is 0 Å². The van der Waals surface area contributed by atoms with Crippen LogP contribution in [0.1, 0.15) is 46.1 Å². The third-order valence-corrected chi connectivity index (χ3v) is 3.60. The zero-order valence-corrected chi connectivity index (χ0v) is 12.0. The van der Waals surface area contributed by atoms with Gasteiger partial charge in [-0.25, -0.2) is 0 Å². The Morgan fingerprint density at radius 3 is 2.33 bits per heavy atom. The maximum absolute atomic E-state index is 5.80. The molecular weight excluding hydrogens is 222 g/mol. The Bertz CT molecular complexity index is 377. The standard InChI is InChI=1S/C16H25NO/c1-12-5-10-15(18-12)11-17-14-8-6-13(7-9-14)16(2,3)4/h6-9,12,15,17H,5,10-11H2,1-4H3. The molecule has 2 heteroatoms. The van der Waals surface area contributed by atoms with Crippen LogP contribution in [0.2, 0.25) is 0 Å². The van der Waals surface area contributed by atoms with E-state index in [0.717, 1.165) is 6.54 Å². The molecule has 1 aromatic carbocycles. The number of ether oxygens (including phenoxy) is 1. The van der Waals surface area contributed by atoms with Gasteiger partial charge in [0.2, 0.25) is 0 Å². The maximum atomic E-state index is 5.80. The summed E-state index contributed by atoms with van der Waals surface area (Å²) < 4.78 is 5.80. The van der Waals surface area contributed by atoms with Crippen molar-refractivity contribution in [2.75, 3.05) is 11.9 Å². The quantitative estimate of drug-likeness (QED) is 0.873. The van der Waals surface area contributed by atoms with E-state index < -0.39 is 0 Å². The van der Waals surface area contributed by atoms with Crippen molar-refractivity contribution in [3.63, 3.8) is 0 Å². The molecule has 2 nitrogen and oxygen atoms in total. The van der Waals surface area contributed by atoms with Crippen LogP contribution < -0.4 is 5.32 Å². The van der Waals surface area contributed by atoms with Gasteiger partial charge in [-0.1, -0.05) is 32.9 Å². The van der Waals surface area contributed by atoms with Crippen molar-refractivity contribution in [1.29, 1.82) is 0 Å². The summed E-state index contributed by atoms with van der Waals surface area (Å²) in [6, 6.07) is 8.75. The fraction of sp³-hybridized carbons (Fsp3) is 0.625. The number of hydrogen-bond acceptors (Lipinski definition) is 2. The highest BCUT2D eigenvalue weighted by Crippen LogP contribution is 2.24. The predicted octanol–water partition coefficient (Wildman–Crippen LogP) is 3.96. The van der Waals surface area contributed by atoms with Crippen molar-refractivity contribution >= 4 is 5.69 Å². The molecule has 1 N–H and O–H groups in total. The van der Waals surface area contributed by atoms with Gasteiger partial charge >= 0.3 is 0 Å². The van der Waals surface area contributed by atoms with E-state index in [1.54, 1.807) is 0 Å². The van der Waals surface area contributed by atoms with Gasteiger partial charge in [0.1, 0.15) is 0 Å². The normalized spacial score (nSPS) is 24.2. The molecule has 0 radical (unpaired) electrons. The Balaban J connectivity index is 1.87. The molecule has 2 rings (SSSR count). The summed E-state index contributed by atoms with van der Waals surface area (Å²) >= 11 is 0. The number of hydrogen-bond donors (Lipinski definition) is 1. The molecule has 2 unspecified atom stereocenters. The molecular formula is C16H25NO. The summed E-state index contributed by atoms with van der Waals surface area (Å²) in [6.07, 6.45) is 3.17. The Kier molecular flexibility index (Phi) is 3.96. The van der Waals surface area contributed by atoms with Gasteiger partial charge in [0.15, 0.2) is 0 Å². The molecule has 18 heavy (non-hydrogen) atoms. The molecule has 1 aliphatic heterocycles. The van der Waals surface area contributed by atoms with Crippen LogP contribution in [0.25, 0.3) is 0 Å². The highest BCUT2D eigenvalue weighted by atomic mass is 16.5. The molecule has 1 aliphatic rings. The molecule has 1 saturated heterocycles. The fourth-order valence-electron chi connectivity index (χ4n) is 2.36. The number of anilines is 1. The summed E-state index contributed by atoms with van der Waals surface area (Å²) in [5, 5.41) is 3.46. The first-order valence-corrected chi connectivity index (χ1v) is 6.95. The second-order valence-electron chi connectivity index (χ2n) is 6.35. The second-order valence-corrected chi connectivity index (χ2v) is 6.35. The minimum absolute atomic E-state index is 0.225. The number of nitrogens with one attached hydrogen (secondary N) is 1. The van der Waals surface area contributed by atoms with Gasteiger partial charge in [-0.05, 0) is 42.9 Å². The van der Waals surface area contributed by atoms with Crippen LogP contribution in [0, 0.1) is 0 Å². The molecule has 0 spiro atoms. The first-order chi connectivity index (χ1) is 8.45. The predicted molar refractivity (Wildman–Crippen MR) is 77.2 cm³/mol. The van der Waals surface area contributed by atoms with Gasteiger partial charge < -0.3 is 10.1 Å².